The Bertz CT molecular complexity index is 974. The van der Waals surface area contributed by atoms with Crippen molar-refractivity contribution in [3.8, 4) is 11.1 Å². The molecule has 0 saturated heterocycles. The highest BCUT2D eigenvalue weighted by Gasteiger charge is 2.10. The van der Waals surface area contributed by atoms with Crippen molar-refractivity contribution >= 4 is 21.8 Å². The summed E-state index contributed by atoms with van der Waals surface area (Å²) in [5, 5.41) is 2.51. The van der Waals surface area contributed by atoms with E-state index < -0.39 is 0 Å². The normalized spacial score (nSPS) is 11.1. The monoisotopic (exact) mass is 284 g/mol. The molecule has 0 aliphatic rings. The quantitative estimate of drug-likeness (QED) is 0.520. The van der Waals surface area contributed by atoms with Gasteiger partial charge in [0.25, 0.3) is 0 Å². The summed E-state index contributed by atoms with van der Waals surface area (Å²) >= 11 is 0. The van der Waals surface area contributed by atoms with Gasteiger partial charge >= 0.3 is 0 Å². The zero-order valence-electron chi connectivity index (χ0n) is 12.2. The van der Waals surface area contributed by atoms with E-state index in [1.54, 1.807) is 0 Å². The zero-order chi connectivity index (χ0) is 14.9. The molecular weight excluding hydrogens is 268 g/mol. The fourth-order valence-corrected chi connectivity index (χ4v) is 3.00. The number of imidazole rings is 1. The van der Waals surface area contributed by atoms with Gasteiger partial charge in [0.2, 0.25) is 0 Å². The molecule has 3 aromatic carbocycles. The zero-order valence-corrected chi connectivity index (χ0v) is 12.2. The number of hydrogen-bond donors (Lipinski definition) is 1. The lowest BCUT2D eigenvalue weighted by atomic mass is 9.97. The van der Waals surface area contributed by atoms with Crippen LogP contribution in [0.2, 0.25) is 0 Å². The summed E-state index contributed by atoms with van der Waals surface area (Å²) in [7, 11) is 0. The van der Waals surface area contributed by atoms with Crippen molar-refractivity contribution in [2.75, 3.05) is 0 Å². The minimum absolute atomic E-state index is 0.754. The largest absolute Gasteiger partial charge is 0.341 e. The highest BCUT2D eigenvalue weighted by Crippen LogP contribution is 2.32. The van der Waals surface area contributed by atoms with Gasteiger partial charge in [-0.05, 0) is 22.4 Å². The van der Waals surface area contributed by atoms with Crippen LogP contribution >= 0.6 is 0 Å². The summed E-state index contributed by atoms with van der Waals surface area (Å²) < 4.78 is 0. The second kappa shape index (κ2) is 5.15. The maximum atomic E-state index is 4.64. The maximum Gasteiger partial charge on any atom is 0.111 e. The summed E-state index contributed by atoms with van der Waals surface area (Å²) in [6.45, 7) is 3.79. The molecule has 0 aliphatic carbocycles. The van der Waals surface area contributed by atoms with Gasteiger partial charge in [0, 0.05) is 12.0 Å². The lowest BCUT2D eigenvalue weighted by Crippen LogP contribution is -1.84. The van der Waals surface area contributed by atoms with Crippen LogP contribution in [0.5, 0.6) is 0 Å². The fraction of sp³-hybridized carbons (Fsp3) is 0.0500. The van der Waals surface area contributed by atoms with Gasteiger partial charge in [-0.1, -0.05) is 60.7 Å². The Morgan fingerprint density at radius 3 is 2.59 bits per heavy atom. The first-order chi connectivity index (χ1) is 10.9. The van der Waals surface area contributed by atoms with E-state index in [1.165, 1.54) is 21.9 Å². The average Bonchev–Trinajstić information content (AvgIpc) is 2.97. The van der Waals surface area contributed by atoms with E-state index in [2.05, 4.69) is 71.1 Å². The van der Waals surface area contributed by atoms with Crippen molar-refractivity contribution in [1.29, 1.82) is 0 Å². The van der Waals surface area contributed by atoms with Crippen molar-refractivity contribution in [1.82, 2.24) is 9.97 Å². The number of nitrogens with zero attached hydrogens (tertiary/aromatic N) is 1. The minimum atomic E-state index is 0.754. The van der Waals surface area contributed by atoms with Crippen molar-refractivity contribution in [2.45, 2.75) is 6.42 Å². The van der Waals surface area contributed by atoms with Crippen LogP contribution in [0.3, 0.4) is 0 Å². The highest BCUT2D eigenvalue weighted by atomic mass is 14.9. The lowest BCUT2D eigenvalue weighted by Gasteiger charge is -2.07. The Morgan fingerprint density at radius 1 is 0.909 bits per heavy atom. The van der Waals surface area contributed by atoms with E-state index in [0.29, 0.717) is 0 Å². The summed E-state index contributed by atoms with van der Waals surface area (Å²) in [6.07, 6.45) is 2.62. The molecule has 0 unspecified atom stereocenters. The first-order valence-corrected chi connectivity index (χ1v) is 7.43. The van der Waals surface area contributed by atoms with E-state index in [0.717, 1.165) is 23.3 Å². The summed E-state index contributed by atoms with van der Waals surface area (Å²) in [6, 6.07) is 21.2. The first-order valence-electron chi connectivity index (χ1n) is 7.43. The molecule has 0 saturated carbocycles. The Hall–Kier alpha value is -2.87. The molecule has 2 nitrogen and oxygen atoms in total. The number of aromatic amines is 1. The van der Waals surface area contributed by atoms with E-state index in [-0.39, 0.29) is 0 Å². The van der Waals surface area contributed by atoms with Crippen molar-refractivity contribution in [3.05, 3.63) is 79.1 Å². The second-order valence-electron chi connectivity index (χ2n) is 5.40. The Kier molecular flexibility index (Phi) is 3.01. The minimum Gasteiger partial charge on any atom is -0.341 e. The lowest BCUT2D eigenvalue weighted by molar-refractivity contribution is 1.07. The van der Waals surface area contributed by atoms with Crippen LogP contribution in [0.1, 0.15) is 5.82 Å². The number of nitrogens with one attached hydrogen (secondary N) is 1. The molecule has 0 fully saturated rings. The third-order valence-corrected chi connectivity index (χ3v) is 3.98. The standard InChI is InChI=1S/C20H16N2/c1-2-7-19-21-18-13-6-12-17(20(18)22-19)16-11-5-9-14-8-3-4-10-15(14)16/h2-6,8-13H,1,7H2,(H,21,22). The van der Waals surface area contributed by atoms with Gasteiger partial charge < -0.3 is 4.98 Å². The van der Waals surface area contributed by atoms with Gasteiger partial charge in [-0.25, -0.2) is 4.98 Å². The first kappa shape index (κ1) is 12.8. The number of benzene rings is 3. The molecule has 1 heterocycles. The number of allylic oxidation sites excluding steroid dienone is 1. The van der Waals surface area contributed by atoms with Crippen LogP contribution in [0.4, 0.5) is 0 Å². The number of para-hydroxylation sites is 1. The average molecular weight is 284 g/mol. The van der Waals surface area contributed by atoms with Gasteiger partial charge in [-0.15, -0.1) is 6.58 Å². The molecule has 0 radical (unpaired) electrons. The number of hydrogen-bond acceptors (Lipinski definition) is 1. The van der Waals surface area contributed by atoms with Crippen LogP contribution in [-0.4, -0.2) is 9.97 Å². The Balaban J connectivity index is 2.02. The van der Waals surface area contributed by atoms with E-state index in [1.807, 2.05) is 12.1 Å². The van der Waals surface area contributed by atoms with Crippen LogP contribution in [0.25, 0.3) is 32.9 Å². The second-order valence-corrected chi connectivity index (χ2v) is 5.40. The van der Waals surface area contributed by atoms with Crippen LogP contribution in [0, 0.1) is 0 Å². The van der Waals surface area contributed by atoms with Crippen LogP contribution < -0.4 is 0 Å². The predicted octanol–water partition coefficient (Wildman–Crippen LogP) is 5.11. The van der Waals surface area contributed by atoms with Crippen LogP contribution in [0.15, 0.2) is 73.3 Å². The van der Waals surface area contributed by atoms with Crippen molar-refractivity contribution < 1.29 is 0 Å². The third kappa shape index (κ3) is 2.01. The van der Waals surface area contributed by atoms with E-state index in [9.17, 15) is 0 Å². The topological polar surface area (TPSA) is 28.7 Å². The predicted molar refractivity (Wildman–Crippen MR) is 92.9 cm³/mol. The summed E-state index contributed by atoms with van der Waals surface area (Å²) in [4.78, 5) is 8.09. The molecule has 0 spiro atoms. The van der Waals surface area contributed by atoms with Gasteiger partial charge in [-0.2, -0.15) is 0 Å². The van der Waals surface area contributed by atoms with Gasteiger partial charge in [-0.3, -0.25) is 0 Å². The molecule has 106 valence electrons. The number of H-pyrrole nitrogens is 1. The van der Waals surface area contributed by atoms with Gasteiger partial charge in [0.15, 0.2) is 0 Å². The van der Waals surface area contributed by atoms with E-state index in [4.69, 9.17) is 0 Å². The Labute approximate surface area is 129 Å². The summed E-state index contributed by atoms with van der Waals surface area (Å²) in [5.74, 6) is 0.956. The molecule has 0 atom stereocenters. The fourth-order valence-electron chi connectivity index (χ4n) is 3.00. The molecular formula is C20H16N2. The SMILES string of the molecule is C=CCc1nc2cccc(-c3cccc4ccccc34)c2[nH]1. The van der Waals surface area contributed by atoms with Gasteiger partial charge in [0.05, 0.1) is 11.0 Å². The summed E-state index contributed by atoms with van der Waals surface area (Å²) in [5.41, 5.74) is 4.52. The highest BCUT2D eigenvalue weighted by molar-refractivity contribution is 6.03. The van der Waals surface area contributed by atoms with E-state index >= 15 is 0 Å². The molecule has 4 rings (SSSR count). The molecule has 22 heavy (non-hydrogen) atoms. The number of aromatic nitrogens is 2. The van der Waals surface area contributed by atoms with Gasteiger partial charge in [0.1, 0.15) is 5.82 Å². The van der Waals surface area contributed by atoms with Crippen molar-refractivity contribution in [3.63, 3.8) is 0 Å². The maximum absolute atomic E-state index is 4.64. The third-order valence-electron chi connectivity index (χ3n) is 3.98. The number of fused-ring (bicyclic) bond motifs is 2. The van der Waals surface area contributed by atoms with Crippen LogP contribution in [-0.2, 0) is 6.42 Å². The molecule has 0 bridgehead atoms. The van der Waals surface area contributed by atoms with Crippen molar-refractivity contribution in [2.24, 2.45) is 0 Å². The number of rotatable bonds is 3. The Morgan fingerprint density at radius 2 is 1.68 bits per heavy atom. The molecule has 1 N–H and O–H groups in total. The molecule has 0 amide bonds. The smallest absolute Gasteiger partial charge is 0.111 e. The molecule has 4 aromatic rings. The molecule has 1 aromatic heterocycles. The molecule has 2 heteroatoms. The molecule has 0 aliphatic heterocycles.